The third-order valence-corrected chi connectivity index (χ3v) is 2.49. The van der Waals surface area contributed by atoms with Crippen molar-refractivity contribution in [1.29, 1.82) is 0 Å². The first-order valence-corrected chi connectivity index (χ1v) is 5.09. The average Bonchev–Trinajstić information content (AvgIpc) is 2.61. The van der Waals surface area contributed by atoms with Crippen molar-refractivity contribution in [2.45, 2.75) is 6.42 Å². The highest BCUT2D eigenvalue weighted by Crippen LogP contribution is 2.17. The first-order chi connectivity index (χ1) is 7.72. The van der Waals surface area contributed by atoms with Crippen LogP contribution < -0.4 is 5.56 Å². The van der Waals surface area contributed by atoms with Crippen LogP contribution in [0.15, 0.2) is 35.1 Å². The number of hydrogen-bond acceptors (Lipinski definition) is 2. The van der Waals surface area contributed by atoms with Crippen molar-refractivity contribution in [1.82, 2.24) is 9.78 Å². The van der Waals surface area contributed by atoms with Crippen LogP contribution >= 0.6 is 11.6 Å². The molecule has 1 aromatic carbocycles. The number of rotatable bonds is 3. The molecule has 0 radical (unpaired) electrons. The lowest BCUT2D eigenvalue weighted by Crippen LogP contribution is -2.13. The molecule has 0 aliphatic carbocycles. The summed E-state index contributed by atoms with van der Waals surface area (Å²) in [4.78, 5) is 22.0. The first-order valence-electron chi connectivity index (χ1n) is 4.72. The smallest absolute Gasteiger partial charge is 0.271 e. The highest BCUT2D eigenvalue weighted by Gasteiger charge is 2.07. The van der Waals surface area contributed by atoms with Gasteiger partial charge in [-0.3, -0.25) is 9.89 Å². The van der Waals surface area contributed by atoms with Gasteiger partial charge in [0.1, 0.15) is 6.29 Å². The van der Waals surface area contributed by atoms with Crippen LogP contribution in [0, 0.1) is 0 Å². The van der Waals surface area contributed by atoms with Gasteiger partial charge in [0.2, 0.25) is 0 Å². The minimum absolute atomic E-state index is 0.187. The van der Waals surface area contributed by atoms with E-state index in [-0.39, 0.29) is 12.0 Å². The third-order valence-electron chi connectivity index (χ3n) is 2.17. The number of carbonyl (C=O) groups is 1. The Balaban J connectivity index is 2.52. The number of hydrogen-bond donors (Lipinski definition) is 1. The maximum atomic E-state index is 11.6. The molecule has 0 unspecified atom stereocenters. The monoisotopic (exact) mass is 236 g/mol. The zero-order valence-corrected chi connectivity index (χ0v) is 9.07. The number of carbonyl (C=O) groups excluding carboxylic acids is 1. The van der Waals surface area contributed by atoms with Crippen LogP contribution in [0.2, 0.25) is 5.02 Å². The molecule has 0 spiro atoms. The molecule has 2 aromatic rings. The van der Waals surface area contributed by atoms with Gasteiger partial charge in [-0.15, -0.1) is 0 Å². The van der Waals surface area contributed by atoms with Crippen LogP contribution in [-0.4, -0.2) is 16.1 Å². The van der Waals surface area contributed by atoms with Crippen LogP contribution in [0.1, 0.15) is 5.69 Å². The minimum Gasteiger partial charge on any atom is -0.303 e. The van der Waals surface area contributed by atoms with E-state index in [4.69, 9.17) is 11.6 Å². The van der Waals surface area contributed by atoms with Gasteiger partial charge in [-0.25, -0.2) is 4.68 Å². The average molecular weight is 237 g/mol. The number of halogens is 1. The van der Waals surface area contributed by atoms with Gasteiger partial charge in [0.15, 0.2) is 0 Å². The topological polar surface area (TPSA) is 54.9 Å². The molecule has 4 nitrogen and oxygen atoms in total. The van der Waals surface area contributed by atoms with E-state index in [1.165, 1.54) is 10.7 Å². The zero-order valence-electron chi connectivity index (χ0n) is 8.31. The first kappa shape index (κ1) is 10.7. The number of aromatic amines is 1. The molecule has 0 saturated carbocycles. The van der Waals surface area contributed by atoms with E-state index >= 15 is 0 Å². The zero-order chi connectivity index (χ0) is 11.5. The predicted octanol–water partition coefficient (Wildman–Crippen LogP) is 1.56. The summed E-state index contributed by atoms with van der Waals surface area (Å²) in [6.45, 7) is 0. The molecular weight excluding hydrogens is 228 g/mol. The van der Waals surface area contributed by atoms with E-state index in [1.54, 1.807) is 24.3 Å². The van der Waals surface area contributed by atoms with Gasteiger partial charge in [-0.2, -0.15) is 0 Å². The lowest BCUT2D eigenvalue weighted by Gasteiger charge is -2.03. The summed E-state index contributed by atoms with van der Waals surface area (Å²) in [5, 5.41) is 3.30. The maximum absolute atomic E-state index is 11.6. The summed E-state index contributed by atoms with van der Waals surface area (Å²) in [6.07, 6.45) is 0.926. The molecule has 2 rings (SSSR count). The molecular formula is C11H9ClN2O2. The second kappa shape index (κ2) is 4.37. The summed E-state index contributed by atoms with van der Waals surface area (Å²) < 4.78 is 1.32. The number of nitrogens with zero attached hydrogens (tertiary/aromatic N) is 1. The molecule has 0 aliphatic heterocycles. The molecule has 1 N–H and O–H groups in total. The fourth-order valence-electron chi connectivity index (χ4n) is 1.45. The number of H-pyrrole nitrogens is 1. The van der Waals surface area contributed by atoms with Gasteiger partial charge < -0.3 is 4.79 Å². The fourth-order valence-corrected chi connectivity index (χ4v) is 1.67. The Hall–Kier alpha value is -1.81. The quantitative estimate of drug-likeness (QED) is 0.823. The second-order valence-corrected chi connectivity index (χ2v) is 3.68. The van der Waals surface area contributed by atoms with Crippen LogP contribution in [0.4, 0.5) is 0 Å². The number of aldehydes is 1. The van der Waals surface area contributed by atoms with Crippen LogP contribution in [-0.2, 0) is 11.2 Å². The second-order valence-electron chi connectivity index (χ2n) is 3.28. The molecule has 0 bridgehead atoms. The van der Waals surface area contributed by atoms with E-state index in [9.17, 15) is 9.59 Å². The third kappa shape index (κ3) is 1.92. The van der Waals surface area contributed by atoms with Crippen molar-refractivity contribution in [2.24, 2.45) is 0 Å². The molecule has 1 aromatic heterocycles. The fraction of sp³-hybridized carbons (Fsp3) is 0.0909. The molecule has 0 saturated heterocycles. The molecule has 82 valence electrons. The summed E-state index contributed by atoms with van der Waals surface area (Å²) in [7, 11) is 0. The predicted molar refractivity (Wildman–Crippen MR) is 61.2 cm³/mol. The minimum atomic E-state index is -0.232. The van der Waals surface area contributed by atoms with Gasteiger partial charge in [-0.05, 0) is 12.1 Å². The van der Waals surface area contributed by atoms with Gasteiger partial charge >= 0.3 is 0 Å². The molecule has 16 heavy (non-hydrogen) atoms. The highest BCUT2D eigenvalue weighted by molar-refractivity contribution is 6.32. The standard InChI is InChI=1S/C11H9ClN2O2/c12-9-3-1-2-4-10(9)14-11(16)7-8(13-14)5-6-15/h1-4,6-7,13H,5H2. The molecule has 1 heterocycles. The van der Waals surface area contributed by atoms with Crippen LogP contribution in [0.3, 0.4) is 0 Å². The van der Waals surface area contributed by atoms with Crippen molar-refractivity contribution < 1.29 is 4.79 Å². The van der Waals surface area contributed by atoms with E-state index in [0.29, 0.717) is 16.4 Å². The summed E-state index contributed by atoms with van der Waals surface area (Å²) in [5.41, 5.74) is 0.913. The van der Waals surface area contributed by atoms with E-state index < -0.39 is 0 Å². The van der Waals surface area contributed by atoms with Gasteiger partial charge in [-0.1, -0.05) is 23.7 Å². The molecule has 0 aliphatic rings. The lowest BCUT2D eigenvalue weighted by molar-refractivity contribution is -0.107. The molecule has 5 heteroatoms. The van der Waals surface area contributed by atoms with Crippen molar-refractivity contribution in [3.05, 3.63) is 51.4 Å². The Morgan fingerprint density at radius 1 is 1.38 bits per heavy atom. The SMILES string of the molecule is O=CCc1cc(=O)n(-c2ccccc2Cl)[nH]1. The largest absolute Gasteiger partial charge is 0.303 e. The number of benzene rings is 1. The summed E-state index contributed by atoms with van der Waals surface area (Å²) in [6, 6.07) is 8.38. The van der Waals surface area contributed by atoms with Crippen molar-refractivity contribution in [2.75, 3.05) is 0 Å². The van der Waals surface area contributed by atoms with Crippen molar-refractivity contribution in [3.63, 3.8) is 0 Å². The van der Waals surface area contributed by atoms with E-state index in [2.05, 4.69) is 5.10 Å². The van der Waals surface area contributed by atoms with Crippen LogP contribution in [0.25, 0.3) is 5.69 Å². The number of nitrogens with one attached hydrogen (secondary N) is 1. The summed E-state index contributed by atoms with van der Waals surface area (Å²) in [5.74, 6) is 0. The van der Waals surface area contributed by atoms with Gasteiger partial charge in [0.05, 0.1) is 10.7 Å². The van der Waals surface area contributed by atoms with Crippen molar-refractivity contribution >= 4 is 17.9 Å². The Labute approximate surface area is 96.5 Å². The van der Waals surface area contributed by atoms with Gasteiger partial charge in [0, 0.05) is 18.2 Å². The Kier molecular flexibility index (Phi) is 2.92. The lowest BCUT2D eigenvalue weighted by atomic mass is 10.3. The summed E-state index contributed by atoms with van der Waals surface area (Å²) >= 11 is 5.97. The Bertz CT molecular complexity index is 571. The normalized spacial score (nSPS) is 10.3. The number of aromatic nitrogens is 2. The van der Waals surface area contributed by atoms with E-state index in [1.807, 2.05) is 0 Å². The van der Waals surface area contributed by atoms with Gasteiger partial charge in [0.25, 0.3) is 5.56 Å². The number of para-hydroxylation sites is 1. The Morgan fingerprint density at radius 2 is 2.12 bits per heavy atom. The van der Waals surface area contributed by atoms with E-state index in [0.717, 1.165) is 6.29 Å². The van der Waals surface area contributed by atoms with Crippen LogP contribution in [0.5, 0.6) is 0 Å². The Morgan fingerprint density at radius 3 is 2.81 bits per heavy atom. The molecule has 0 fully saturated rings. The molecule has 0 amide bonds. The highest BCUT2D eigenvalue weighted by atomic mass is 35.5. The van der Waals surface area contributed by atoms with Crippen molar-refractivity contribution in [3.8, 4) is 5.69 Å². The maximum Gasteiger partial charge on any atom is 0.271 e. The molecule has 0 atom stereocenters.